The van der Waals surface area contributed by atoms with E-state index in [1.165, 1.54) is 31.4 Å². The fourth-order valence-electron chi connectivity index (χ4n) is 4.44. The molecule has 2 aliphatic heterocycles. The van der Waals surface area contributed by atoms with Gasteiger partial charge in [-0.05, 0) is 48.5 Å². The lowest BCUT2D eigenvalue weighted by molar-refractivity contribution is -0.126. The van der Waals surface area contributed by atoms with Gasteiger partial charge >= 0.3 is 0 Å². The molecule has 0 saturated carbocycles. The van der Waals surface area contributed by atoms with Crippen LogP contribution in [0.4, 0.5) is 15.8 Å². The highest BCUT2D eigenvalue weighted by atomic mass is 19.1. The first-order chi connectivity index (χ1) is 16.0. The fraction of sp³-hybridized carbons (Fsp3) is 0.200. The zero-order chi connectivity index (χ0) is 23.1. The average molecular weight is 448 g/mol. The molecule has 0 aromatic heterocycles. The van der Waals surface area contributed by atoms with Gasteiger partial charge in [-0.15, -0.1) is 0 Å². The maximum Gasteiger partial charge on any atom is 0.266 e. The van der Waals surface area contributed by atoms with Crippen LogP contribution in [0.1, 0.15) is 11.6 Å². The van der Waals surface area contributed by atoms with Crippen LogP contribution in [0.5, 0.6) is 11.5 Å². The molecule has 168 valence electrons. The molecule has 5 rings (SSSR count). The maximum atomic E-state index is 13.6. The number of imide groups is 1. The van der Waals surface area contributed by atoms with Gasteiger partial charge in [0.1, 0.15) is 23.2 Å². The molecule has 2 saturated heterocycles. The van der Waals surface area contributed by atoms with E-state index in [-0.39, 0.29) is 0 Å². The number of hydrogen-bond donors (Lipinski definition) is 0. The smallest absolute Gasteiger partial charge is 0.266 e. The molecule has 0 radical (unpaired) electrons. The van der Waals surface area contributed by atoms with E-state index >= 15 is 0 Å². The molecule has 2 heterocycles. The van der Waals surface area contributed by atoms with Crippen LogP contribution in [0.2, 0.25) is 0 Å². The Labute approximate surface area is 189 Å². The molecule has 8 heteroatoms. The number of hydroxylamine groups is 1. The Kier molecular flexibility index (Phi) is 5.22. The number of benzene rings is 3. The van der Waals surface area contributed by atoms with E-state index in [4.69, 9.17) is 14.3 Å². The van der Waals surface area contributed by atoms with E-state index in [1.807, 2.05) is 36.4 Å². The second-order valence-corrected chi connectivity index (χ2v) is 7.75. The van der Waals surface area contributed by atoms with Crippen LogP contribution in [0.3, 0.4) is 0 Å². The number of nitrogens with zero attached hydrogens (tertiary/aromatic N) is 2. The molecule has 3 atom stereocenters. The van der Waals surface area contributed by atoms with Crippen LogP contribution in [0, 0.1) is 11.7 Å². The van der Waals surface area contributed by atoms with Gasteiger partial charge in [-0.2, -0.15) is 0 Å². The van der Waals surface area contributed by atoms with Gasteiger partial charge < -0.3 is 9.47 Å². The number of rotatable bonds is 5. The van der Waals surface area contributed by atoms with Gasteiger partial charge in [-0.25, -0.2) is 14.4 Å². The van der Waals surface area contributed by atoms with E-state index in [1.54, 1.807) is 24.3 Å². The predicted molar refractivity (Wildman–Crippen MR) is 118 cm³/mol. The van der Waals surface area contributed by atoms with Crippen molar-refractivity contribution in [3.63, 3.8) is 0 Å². The van der Waals surface area contributed by atoms with Gasteiger partial charge in [0.15, 0.2) is 6.10 Å². The number of hydrogen-bond acceptors (Lipinski definition) is 6. The predicted octanol–water partition coefficient (Wildman–Crippen LogP) is 3.89. The Morgan fingerprint density at radius 1 is 0.848 bits per heavy atom. The molecule has 3 aromatic rings. The molecule has 0 spiro atoms. The molecule has 0 N–H and O–H groups in total. The van der Waals surface area contributed by atoms with Crippen molar-refractivity contribution in [2.24, 2.45) is 5.92 Å². The van der Waals surface area contributed by atoms with Crippen molar-refractivity contribution in [2.75, 3.05) is 24.2 Å². The van der Waals surface area contributed by atoms with E-state index in [0.717, 1.165) is 4.90 Å². The third-order valence-corrected chi connectivity index (χ3v) is 5.97. The Hall–Kier alpha value is -3.91. The summed E-state index contributed by atoms with van der Waals surface area (Å²) in [6, 6.07) is 19.2. The first kappa shape index (κ1) is 21.0. The SMILES string of the molecule is COc1ccc([C@@H]2[C@@H]3C(=O)N(c4ccc(F)cc4)C(=O)[C@@H]3ON2c2ccccc2)c(OC)c1. The monoisotopic (exact) mass is 448 g/mol. The van der Waals surface area contributed by atoms with Crippen molar-refractivity contribution in [3.8, 4) is 11.5 Å². The number of fused-ring (bicyclic) bond motifs is 1. The molecule has 0 unspecified atom stereocenters. The average Bonchev–Trinajstić information content (AvgIpc) is 3.35. The summed E-state index contributed by atoms with van der Waals surface area (Å²) < 4.78 is 24.3. The lowest BCUT2D eigenvalue weighted by Crippen LogP contribution is -2.37. The highest BCUT2D eigenvalue weighted by Crippen LogP contribution is 2.49. The molecular formula is C25H21FN2O5. The highest BCUT2D eigenvalue weighted by molar-refractivity contribution is 6.23. The molecule has 2 aliphatic rings. The van der Waals surface area contributed by atoms with Crippen molar-refractivity contribution < 1.29 is 28.3 Å². The molecule has 2 fully saturated rings. The van der Waals surface area contributed by atoms with E-state index in [2.05, 4.69) is 0 Å². The van der Waals surface area contributed by atoms with Crippen molar-refractivity contribution in [1.82, 2.24) is 0 Å². The Bertz CT molecular complexity index is 1200. The molecule has 33 heavy (non-hydrogen) atoms. The minimum Gasteiger partial charge on any atom is -0.497 e. The van der Waals surface area contributed by atoms with Gasteiger partial charge in [0, 0.05) is 11.6 Å². The summed E-state index contributed by atoms with van der Waals surface area (Å²) in [4.78, 5) is 34.1. The molecular weight excluding hydrogens is 427 g/mol. The first-order valence-electron chi connectivity index (χ1n) is 10.4. The zero-order valence-electron chi connectivity index (χ0n) is 18.0. The topological polar surface area (TPSA) is 68.3 Å². The number of para-hydroxylation sites is 1. The van der Waals surface area contributed by atoms with Crippen molar-refractivity contribution in [2.45, 2.75) is 12.1 Å². The zero-order valence-corrected chi connectivity index (χ0v) is 18.0. The Morgan fingerprint density at radius 3 is 2.24 bits per heavy atom. The van der Waals surface area contributed by atoms with Crippen LogP contribution in [-0.4, -0.2) is 32.1 Å². The molecule has 0 aliphatic carbocycles. The van der Waals surface area contributed by atoms with Crippen molar-refractivity contribution >= 4 is 23.2 Å². The molecule has 3 aromatic carbocycles. The standard InChI is InChI=1S/C25H21FN2O5/c1-31-18-12-13-19(20(14-18)32-2)22-21-23(33-28(22)17-6-4-3-5-7-17)25(30)27(24(21)29)16-10-8-15(26)9-11-16/h3-14,21-23H,1-2H3/t21-,22+,23+/m0/s1. The number of anilines is 2. The minimum absolute atomic E-state index is 0.302. The lowest BCUT2D eigenvalue weighted by atomic mass is 9.90. The molecule has 7 nitrogen and oxygen atoms in total. The second-order valence-electron chi connectivity index (χ2n) is 7.75. The fourth-order valence-corrected chi connectivity index (χ4v) is 4.44. The van der Waals surface area contributed by atoms with Gasteiger partial charge in [0.25, 0.3) is 5.91 Å². The maximum absolute atomic E-state index is 13.6. The summed E-state index contributed by atoms with van der Waals surface area (Å²) in [7, 11) is 3.09. The summed E-state index contributed by atoms with van der Waals surface area (Å²) in [5, 5.41) is 1.59. The van der Waals surface area contributed by atoms with E-state index < -0.39 is 35.7 Å². The first-order valence-corrected chi connectivity index (χ1v) is 10.4. The summed E-state index contributed by atoms with van der Waals surface area (Å²) >= 11 is 0. The third-order valence-electron chi connectivity index (χ3n) is 5.97. The van der Waals surface area contributed by atoms with Crippen LogP contribution < -0.4 is 19.4 Å². The third kappa shape index (κ3) is 3.39. The number of methoxy groups -OCH3 is 2. The van der Waals surface area contributed by atoms with Crippen LogP contribution in [0.15, 0.2) is 72.8 Å². The van der Waals surface area contributed by atoms with Crippen LogP contribution in [0.25, 0.3) is 0 Å². The van der Waals surface area contributed by atoms with E-state index in [0.29, 0.717) is 28.4 Å². The molecule has 0 bridgehead atoms. The lowest BCUT2D eigenvalue weighted by Gasteiger charge is -2.29. The second kappa shape index (κ2) is 8.22. The van der Waals surface area contributed by atoms with Gasteiger partial charge in [0.05, 0.1) is 31.6 Å². The minimum atomic E-state index is -1.03. The van der Waals surface area contributed by atoms with Gasteiger partial charge in [-0.3, -0.25) is 14.4 Å². The summed E-state index contributed by atoms with van der Waals surface area (Å²) in [5.41, 5.74) is 1.68. The van der Waals surface area contributed by atoms with Crippen molar-refractivity contribution in [3.05, 3.63) is 84.2 Å². The largest absolute Gasteiger partial charge is 0.497 e. The van der Waals surface area contributed by atoms with Gasteiger partial charge in [-0.1, -0.05) is 18.2 Å². The quantitative estimate of drug-likeness (QED) is 0.552. The summed E-state index contributed by atoms with van der Waals surface area (Å²) in [5.74, 6) is -1.09. The normalized spacial score (nSPS) is 22.0. The van der Waals surface area contributed by atoms with Crippen LogP contribution in [-0.2, 0) is 14.4 Å². The highest BCUT2D eigenvalue weighted by Gasteiger charge is 2.60. The van der Waals surface area contributed by atoms with Gasteiger partial charge in [0.2, 0.25) is 5.91 Å². The van der Waals surface area contributed by atoms with Crippen molar-refractivity contribution in [1.29, 1.82) is 0 Å². The van der Waals surface area contributed by atoms with E-state index in [9.17, 15) is 14.0 Å². The number of ether oxygens (including phenoxy) is 2. The van der Waals surface area contributed by atoms with Crippen LogP contribution >= 0.6 is 0 Å². The summed E-state index contributed by atoms with van der Waals surface area (Å²) in [6.45, 7) is 0. The Morgan fingerprint density at radius 2 is 1.58 bits per heavy atom. The number of carbonyl (C=O) groups excluding carboxylic acids is 2. The summed E-state index contributed by atoms with van der Waals surface area (Å²) in [6.07, 6.45) is -1.03. The number of halogens is 1. The Balaban J connectivity index is 1.62. The number of carbonyl (C=O) groups is 2. The molecule has 2 amide bonds. The number of amides is 2.